The van der Waals surface area contributed by atoms with Crippen LogP contribution in [-0.2, 0) is 9.53 Å². The Balaban J connectivity index is 2.07. The predicted molar refractivity (Wildman–Crippen MR) is 106 cm³/mol. The summed E-state index contributed by atoms with van der Waals surface area (Å²) in [6.07, 6.45) is 3.41. The van der Waals surface area contributed by atoms with Crippen LogP contribution < -0.4 is 5.32 Å². The summed E-state index contributed by atoms with van der Waals surface area (Å²) in [5, 5.41) is 2.71. The first-order chi connectivity index (χ1) is 13.2. The first kappa shape index (κ1) is 21.9. The zero-order valence-electron chi connectivity index (χ0n) is 17.1. The molecule has 0 aromatic heterocycles. The van der Waals surface area contributed by atoms with Crippen LogP contribution in [0, 0.1) is 5.82 Å². The largest absolute Gasteiger partial charge is 0.444 e. The van der Waals surface area contributed by atoms with Crippen molar-refractivity contribution >= 4 is 12.0 Å². The number of hydrogen-bond donors (Lipinski definition) is 1. The topological polar surface area (TPSA) is 61.9 Å². The molecule has 7 heteroatoms. The van der Waals surface area contributed by atoms with E-state index in [0.29, 0.717) is 38.3 Å². The molecular weight excluding hydrogens is 361 g/mol. The second kappa shape index (κ2) is 9.68. The summed E-state index contributed by atoms with van der Waals surface area (Å²) in [6.45, 7) is 9.60. The average molecular weight is 391 g/mol. The van der Waals surface area contributed by atoms with E-state index < -0.39 is 5.60 Å². The Morgan fingerprint density at radius 3 is 2.43 bits per heavy atom. The number of halogens is 1. The molecule has 1 N–H and O–H groups in total. The van der Waals surface area contributed by atoms with Gasteiger partial charge in [-0.3, -0.25) is 9.69 Å². The number of piperazine rings is 1. The molecule has 1 saturated heterocycles. The van der Waals surface area contributed by atoms with Crippen LogP contribution in [0.5, 0.6) is 0 Å². The van der Waals surface area contributed by atoms with Gasteiger partial charge >= 0.3 is 6.09 Å². The van der Waals surface area contributed by atoms with Gasteiger partial charge in [0.2, 0.25) is 5.91 Å². The number of nitrogens with zero attached hydrogens (tertiary/aromatic N) is 2. The normalized spacial score (nSPS) is 16.8. The number of carbonyl (C=O) groups excluding carboxylic acids is 2. The molecule has 0 aliphatic carbocycles. The highest BCUT2D eigenvalue weighted by Crippen LogP contribution is 2.26. The van der Waals surface area contributed by atoms with Gasteiger partial charge in [0.1, 0.15) is 11.4 Å². The summed E-state index contributed by atoms with van der Waals surface area (Å²) in [5.74, 6) is -0.385. The van der Waals surface area contributed by atoms with Gasteiger partial charge in [-0.25, -0.2) is 9.18 Å². The third-order valence-electron chi connectivity index (χ3n) is 4.37. The van der Waals surface area contributed by atoms with Gasteiger partial charge in [-0.1, -0.05) is 30.4 Å². The maximum Gasteiger partial charge on any atom is 0.410 e. The SMILES string of the molecule is CC(=O)NC/C=C/C(c1ccccc1F)N1CCN(C(=O)OC(C)(C)C)CC1. The second-order valence-corrected chi connectivity index (χ2v) is 7.83. The number of ether oxygens (including phenoxy) is 1. The molecule has 0 radical (unpaired) electrons. The molecule has 1 aromatic carbocycles. The lowest BCUT2D eigenvalue weighted by molar-refractivity contribution is -0.118. The molecule has 6 nitrogen and oxygen atoms in total. The lowest BCUT2D eigenvalue weighted by Gasteiger charge is -2.39. The van der Waals surface area contributed by atoms with Crippen molar-refractivity contribution in [1.29, 1.82) is 0 Å². The average Bonchev–Trinajstić information content (AvgIpc) is 2.61. The molecule has 2 rings (SSSR count). The third kappa shape index (κ3) is 6.64. The number of rotatable bonds is 5. The van der Waals surface area contributed by atoms with E-state index in [-0.39, 0.29) is 23.9 Å². The fourth-order valence-electron chi connectivity index (χ4n) is 3.05. The maximum absolute atomic E-state index is 14.4. The molecule has 1 fully saturated rings. The minimum Gasteiger partial charge on any atom is -0.444 e. The van der Waals surface area contributed by atoms with Crippen LogP contribution in [0.1, 0.15) is 39.3 Å². The molecule has 1 atom stereocenters. The first-order valence-electron chi connectivity index (χ1n) is 9.55. The van der Waals surface area contributed by atoms with E-state index in [2.05, 4.69) is 10.2 Å². The first-order valence-corrected chi connectivity index (χ1v) is 9.55. The fourth-order valence-corrected chi connectivity index (χ4v) is 3.05. The summed E-state index contributed by atoms with van der Waals surface area (Å²) >= 11 is 0. The number of nitrogens with one attached hydrogen (secondary N) is 1. The van der Waals surface area contributed by atoms with Crippen LogP contribution in [0.3, 0.4) is 0 Å². The molecule has 1 aliphatic heterocycles. The van der Waals surface area contributed by atoms with E-state index in [1.54, 1.807) is 17.0 Å². The third-order valence-corrected chi connectivity index (χ3v) is 4.37. The van der Waals surface area contributed by atoms with Crippen molar-refractivity contribution in [3.63, 3.8) is 0 Å². The summed E-state index contributed by atoms with van der Waals surface area (Å²) in [5.41, 5.74) is 0.0448. The molecule has 0 saturated carbocycles. The van der Waals surface area contributed by atoms with Crippen molar-refractivity contribution in [2.75, 3.05) is 32.7 Å². The van der Waals surface area contributed by atoms with Gasteiger partial charge in [0, 0.05) is 45.2 Å². The van der Waals surface area contributed by atoms with Gasteiger partial charge in [0.15, 0.2) is 0 Å². The molecule has 1 unspecified atom stereocenters. The zero-order chi connectivity index (χ0) is 20.7. The molecular formula is C21H30FN3O3. The number of benzene rings is 1. The molecule has 1 heterocycles. The zero-order valence-corrected chi connectivity index (χ0v) is 17.1. The molecule has 2 amide bonds. The predicted octanol–water partition coefficient (Wildman–Crippen LogP) is 3.11. The van der Waals surface area contributed by atoms with Crippen molar-refractivity contribution in [3.05, 3.63) is 47.8 Å². The molecule has 0 spiro atoms. The van der Waals surface area contributed by atoms with Crippen LogP contribution in [0.25, 0.3) is 0 Å². The molecule has 154 valence electrons. The van der Waals surface area contributed by atoms with Crippen molar-refractivity contribution in [1.82, 2.24) is 15.1 Å². The number of amides is 2. The monoisotopic (exact) mass is 391 g/mol. The van der Waals surface area contributed by atoms with Crippen LogP contribution in [0.15, 0.2) is 36.4 Å². The summed E-state index contributed by atoms with van der Waals surface area (Å²) in [6, 6.07) is 6.42. The van der Waals surface area contributed by atoms with Gasteiger partial charge in [0.25, 0.3) is 0 Å². The van der Waals surface area contributed by atoms with Crippen molar-refractivity contribution < 1.29 is 18.7 Å². The lowest BCUT2D eigenvalue weighted by Crippen LogP contribution is -2.50. The van der Waals surface area contributed by atoms with E-state index in [1.165, 1.54) is 13.0 Å². The lowest BCUT2D eigenvalue weighted by atomic mass is 10.0. The van der Waals surface area contributed by atoms with E-state index >= 15 is 0 Å². The van der Waals surface area contributed by atoms with Crippen LogP contribution in [-0.4, -0.2) is 60.1 Å². The number of hydrogen-bond acceptors (Lipinski definition) is 4. The van der Waals surface area contributed by atoms with Gasteiger partial charge in [-0.2, -0.15) is 0 Å². The summed E-state index contributed by atoms with van der Waals surface area (Å²) < 4.78 is 19.8. The fraction of sp³-hybridized carbons (Fsp3) is 0.524. The Labute approximate surface area is 166 Å². The Morgan fingerprint density at radius 2 is 1.86 bits per heavy atom. The van der Waals surface area contributed by atoms with Crippen molar-refractivity contribution in [2.45, 2.75) is 39.3 Å². The van der Waals surface area contributed by atoms with Crippen LogP contribution >= 0.6 is 0 Å². The van der Waals surface area contributed by atoms with E-state index in [9.17, 15) is 14.0 Å². The van der Waals surface area contributed by atoms with E-state index in [4.69, 9.17) is 4.74 Å². The molecule has 1 aromatic rings. The van der Waals surface area contributed by atoms with Crippen molar-refractivity contribution in [3.8, 4) is 0 Å². The van der Waals surface area contributed by atoms with Gasteiger partial charge in [-0.15, -0.1) is 0 Å². The Hall–Kier alpha value is -2.41. The molecule has 1 aliphatic rings. The second-order valence-electron chi connectivity index (χ2n) is 7.83. The Morgan fingerprint density at radius 1 is 1.21 bits per heavy atom. The Bertz CT molecular complexity index is 707. The van der Waals surface area contributed by atoms with Crippen molar-refractivity contribution in [2.24, 2.45) is 0 Å². The minimum atomic E-state index is -0.531. The minimum absolute atomic E-state index is 0.113. The van der Waals surface area contributed by atoms with Gasteiger partial charge in [0.05, 0.1) is 6.04 Å². The summed E-state index contributed by atoms with van der Waals surface area (Å²) in [4.78, 5) is 27.1. The van der Waals surface area contributed by atoms with Gasteiger partial charge in [-0.05, 0) is 26.8 Å². The smallest absolute Gasteiger partial charge is 0.410 e. The van der Waals surface area contributed by atoms with Crippen LogP contribution in [0.2, 0.25) is 0 Å². The highest BCUT2D eigenvalue weighted by Gasteiger charge is 2.29. The molecule has 28 heavy (non-hydrogen) atoms. The highest BCUT2D eigenvalue weighted by molar-refractivity contribution is 5.72. The Kier molecular flexibility index (Phi) is 7.57. The van der Waals surface area contributed by atoms with E-state index in [1.807, 2.05) is 39.0 Å². The van der Waals surface area contributed by atoms with Crippen LogP contribution in [0.4, 0.5) is 9.18 Å². The highest BCUT2D eigenvalue weighted by atomic mass is 19.1. The van der Waals surface area contributed by atoms with E-state index in [0.717, 1.165) is 0 Å². The maximum atomic E-state index is 14.4. The summed E-state index contributed by atoms with van der Waals surface area (Å²) in [7, 11) is 0. The quantitative estimate of drug-likeness (QED) is 0.784. The molecule has 0 bridgehead atoms. The standard InChI is InChI=1S/C21H30FN3O3/c1-16(26)23-11-7-10-19(17-8-5-6-9-18(17)22)24-12-14-25(15-13-24)20(27)28-21(2,3)4/h5-10,19H,11-15H2,1-4H3,(H,23,26)/b10-7+. The van der Waals surface area contributed by atoms with Gasteiger partial charge < -0.3 is 15.0 Å². The number of carbonyl (C=O) groups is 2.